The zero-order chi connectivity index (χ0) is 12.4. The van der Waals surface area contributed by atoms with Gasteiger partial charge in [0, 0.05) is 5.56 Å². The summed E-state index contributed by atoms with van der Waals surface area (Å²) in [4.78, 5) is -0.335. The van der Waals surface area contributed by atoms with E-state index >= 15 is 0 Å². The standard InChI is InChI=1S/C14H11BrF2/c1-9-3-2-4-10(7-9)14(15)12-8-11(16)5-6-13(12)17/h2-8,14H,1H3. The normalized spacial score (nSPS) is 12.5. The first kappa shape index (κ1) is 12.2. The molecule has 3 heteroatoms. The van der Waals surface area contributed by atoms with Gasteiger partial charge in [0.25, 0.3) is 0 Å². The van der Waals surface area contributed by atoms with E-state index in [1.165, 1.54) is 6.07 Å². The Morgan fingerprint density at radius 2 is 1.82 bits per heavy atom. The van der Waals surface area contributed by atoms with E-state index in [4.69, 9.17) is 0 Å². The van der Waals surface area contributed by atoms with Crippen LogP contribution in [-0.2, 0) is 0 Å². The van der Waals surface area contributed by atoms with Crippen LogP contribution in [0.3, 0.4) is 0 Å². The molecule has 0 radical (unpaired) electrons. The molecule has 0 aliphatic rings. The molecule has 1 unspecified atom stereocenters. The van der Waals surface area contributed by atoms with Crippen molar-refractivity contribution in [1.29, 1.82) is 0 Å². The van der Waals surface area contributed by atoms with Gasteiger partial charge < -0.3 is 0 Å². The Hall–Kier alpha value is -1.22. The lowest BCUT2D eigenvalue weighted by atomic mass is 10.0. The van der Waals surface area contributed by atoms with Gasteiger partial charge in [0.15, 0.2) is 0 Å². The predicted octanol–water partition coefficient (Wildman–Crippen LogP) is 4.76. The van der Waals surface area contributed by atoms with Gasteiger partial charge in [-0.1, -0.05) is 45.8 Å². The summed E-state index contributed by atoms with van der Waals surface area (Å²) in [7, 11) is 0. The lowest BCUT2D eigenvalue weighted by Gasteiger charge is -2.12. The van der Waals surface area contributed by atoms with Gasteiger partial charge in [-0.25, -0.2) is 8.78 Å². The highest BCUT2D eigenvalue weighted by Crippen LogP contribution is 2.33. The molecule has 88 valence electrons. The van der Waals surface area contributed by atoms with Crippen molar-refractivity contribution >= 4 is 15.9 Å². The van der Waals surface area contributed by atoms with Crippen molar-refractivity contribution < 1.29 is 8.78 Å². The average Bonchev–Trinajstić information content (AvgIpc) is 2.31. The number of benzene rings is 2. The zero-order valence-electron chi connectivity index (χ0n) is 9.25. The molecule has 0 heterocycles. The van der Waals surface area contributed by atoms with E-state index in [1.807, 2.05) is 31.2 Å². The number of aryl methyl sites for hydroxylation is 1. The van der Waals surface area contributed by atoms with Crippen LogP contribution in [0.2, 0.25) is 0 Å². The van der Waals surface area contributed by atoms with E-state index < -0.39 is 11.6 Å². The van der Waals surface area contributed by atoms with Crippen LogP contribution in [0.4, 0.5) is 8.78 Å². The fourth-order valence-corrected chi connectivity index (χ4v) is 2.35. The molecule has 1 atom stereocenters. The van der Waals surface area contributed by atoms with E-state index in [-0.39, 0.29) is 4.83 Å². The van der Waals surface area contributed by atoms with Crippen LogP contribution in [0.5, 0.6) is 0 Å². The summed E-state index contributed by atoms with van der Waals surface area (Å²) in [5, 5.41) is 0. The summed E-state index contributed by atoms with van der Waals surface area (Å²) in [5.74, 6) is -0.840. The molecule has 0 saturated carbocycles. The third-order valence-electron chi connectivity index (χ3n) is 2.57. The number of halogens is 3. The summed E-state index contributed by atoms with van der Waals surface area (Å²) < 4.78 is 26.7. The Morgan fingerprint density at radius 3 is 2.53 bits per heavy atom. The van der Waals surface area contributed by atoms with Gasteiger partial charge in [0.2, 0.25) is 0 Å². The second kappa shape index (κ2) is 4.96. The lowest BCUT2D eigenvalue weighted by molar-refractivity contribution is 0.588. The molecule has 0 amide bonds. The molecular weight excluding hydrogens is 286 g/mol. The number of alkyl halides is 1. The minimum absolute atomic E-state index is 0.315. The molecule has 0 aliphatic heterocycles. The molecule has 0 fully saturated rings. The highest BCUT2D eigenvalue weighted by atomic mass is 79.9. The number of hydrogen-bond donors (Lipinski definition) is 0. The molecule has 0 aliphatic carbocycles. The molecule has 0 bridgehead atoms. The first-order valence-electron chi connectivity index (χ1n) is 5.23. The smallest absolute Gasteiger partial charge is 0.128 e. The largest absolute Gasteiger partial charge is 0.207 e. The second-order valence-electron chi connectivity index (χ2n) is 3.94. The van der Waals surface area contributed by atoms with Gasteiger partial charge in [-0.05, 0) is 30.7 Å². The highest BCUT2D eigenvalue weighted by molar-refractivity contribution is 9.09. The lowest BCUT2D eigenvalue weighted by Crippen LogP contribution is -1.97. The maximum atomic E-state index is 13.6. The minimum Gasteiger partial charge on any atom is -0.207 e. The molecule has 0 spiro atoms. The fraction of sp³-hybridized carbons (Fsp3) is 0.143. The van der Waals surface area contributed by atoms with Gasteiger partial charge in [-0.3, -0.25) is 0 Å². The maximum absolute atomic E-state index is 13.6. The van der Waals surface area contributed by atoms with Crippen LogP contribution in [-0.4, -0.2) is 0 Å². The van der Waals surface area contributed by atoms with Crippen LogP contribution in [0.25, 0.3) is 0 Å². The molecular formula is C14H11BrF2. The Morgan fingerprint density at radius 1 is 1.06 bits per heavy atom. The van der Waals surface area contributed by atoms with Crippen molar-refractivity contribution in [3.05, 3.63) is 70.8 Å². The molecule has 0 nitrogen and oxygen atoms in total. The summed E-state index contributed by atoms with van der Waals surface area (Å²) in [6.45, 7) is 1.96. The molecule has 0 saturated heterocycles. The summed E-state index contributed by atoms with van der Waals surface area (Å²) >= 11 is 3.41. The van der Waals surface area contributed by atoms with Gasteiger partial charge in [0.1, 0.15) is 11.6 Å². The van der Waals surface area contributed by atoms with Crippen LogP contribution in [0, 0.1) is 18.6 Å². The van der Waals surface area contributed by atoms with Gasteiger partial charge in [-0.2, -0.15) is 0 Å². The Bertz CT molecular complexity index is 537. The first-order valence-corrected chi connectivity index (χ1v) is 6.15. The summed E-state index contributed by atoms with van der Waals surface area (Å²) in [5.41, 5.74) is 2.31. The van der Waals surface area contributed by atoms with Crippen molar-refractivity contribution in [1.82, 2.24) is 0 Å². The SMILES string of the molecule is Cc1cccc(C(Br)c2cc(F)ccc2F)c1. The molecule has 2 aromatic carbocycles. The van der Waals surface area contributed by atoms with Crippen LogP contribution in [0.15, 0.2) is 42.5 Å². The highest BCUT2D eigenvalue weighted by Gasteiger charge is 2.15. The van der Waals surface area contributed by atoms with E-state index in [2.05, 4.69) is 15.9 Å². The molecule has 2 rings (SSSR count). The monoisotopic (exact) mass is 296 g/mol. The quantitative estimate of drug-likeness (QED) is 0.701. The summed E-state index contributed by atoms with van der Waals surface area (Å²) in [6.07, 6.45) is 0. The van der Waals surface area contributed by atoms with Crippen molar-refractivity contribution in [3.63, 3.8) is 0 Å². The molecule has 2 aromatic rings. The third kappa shape index (κ3) is 2.72. The summed E-state index contributed by atoms with van der Waals surface area (Å²) in [6, 6.07) is 11.2. The minimum atomic E-state index is -0.432. The van der Waals surface area contributed by atoms with Crippen molar-refractivity contribution in [3.8, 4) is 0 Å². The molecule has 17 heavy (non-hydrogen) atoms. The second-order valence-corrected chi connectivity index (χ2v) is 4.86. The first-order chi connectivity index (χ1) is 8.08. The van der Waals surface area contributed by atoms with Crippen molar-refractivity contribution in [2.75, 3.05) is 0 Å². The van der Waals surface area contributed by atoms with Crippen LogP contribution >= 0.6 is 15.9 Å². The Labute approximate surface area is 107 Å². The van der Waals surface area contributed by atoms with E-state index in [0.29, 0.717) is 5.56 Å². The van der Waals surface area contributed by atoms with Crippen molar-refractivity contribution in [2.45, 2.75) is 11.8 Å². The van der Waals surface area contributed by atoms with E-state index in [1.54, 1.807) is 0 Å². The predicted molar refractivity (Wildman–Crippen MR) is 68.3 cm³/mol. The van der Waals surface area contributed by atoms with Crippen molar-refractivity contribution in [2.24, 2.45) is 0 Å². The Balaban J connectivity index is 2.43. The Kier molecular flexibility index (Phi) is 3.57. The fourth-order valence-electron chi connectivity index (χ4n) is 1.72. The van der Waals surface area contributed by atoms with Gasteiger partial charge in [0.05, 0.1) is 4.83 Å². The van der Waals surface area contributed by atoms with Gasteiger partial charge >= 0.3 is 0 Å². The third-order valence-corrected chi connectivity index (χ3v) is 3.59. The topological polar surface area (TPSA) is 0 Å². The average molecular weight is 297 g/mol. The maximum Gasteiger partial charge on any atom is 0.128 e. The molecule has 0 N–H and O–H groups in total. The zero-order valence-corrected chi connectivity index (χ0v) is 10.8. The van der Waals surface area contributed by atoms with E-state index in [9.17, 15) is 8.78 Å². The van der Waals surface area contributed by atoms with Crippen LogP contribution < -0.4 is 0 Å². The number of hydrogen-bond acceptors (Lipinski definition) is 0. The molecule has 0 aromatic heterocycles. The number of rotatable bonds is 2. The van der Waals surface area contributed by atoms with Crippen LogP contribution in [0.1, 0.15) is 21.5 Å². The van der Waals surface area contributed by atoms with E-state index in [0.717, 1.165) is 23.3 Å². The van der Waals surface area contributed by atoms with Gasteiger partial charge in [-0.15, -0.1) is 0 Å².